The van der Waals surface area contributed by atoms with Gasteiger partial charge < -0.3 is 5.11 Å². The smallest absolute Gasteiger partial charge is 0.306 e. The van der Waals surface area contributed by atoms with Crippen LogP contribution in [0.15, 0.2) is 0 Å². The molecule has 0 aliphatic rings. The van der Waals surface area contributed by atoms with Gasteiger partial charge in [-0.15, -0.1) is 0 Å². The molecule has 2 unspecified atom stereocenters. The van der Waals surface area contributed by atoms with Crippen LogP contribution < -0.4 is 0 Å². The van der Waals surface area contributed by atoms with Gasteiger partial charge in [-0.3, -0.25) is 4.79 Å². The number of carbonyl (C=O) groups is 1. The molecule has 0 saturated carbocycles. The zero-order chi connectivity index (χ0) is 12.0. The lowest BCUT2D eigenvalue weighted by atomic mass is 9.82. The number of carboxylic acids is 1. The summed E-state index contributed by atoms with van der Waals surface area (Å²) in [6.45, 7) is 10.7. The summed E-state index contributed by atoms with van der Waals surface area (Å²) in [5.74, 6) is 1.09. The minimum absolute atomic E-state index is 0.200. The quantitative estimate of drug-likeness (QED) is 0.699. The van der Waals surface area contributed by atoms with Gasteiger partial charge in [0.25, 0.3) is 0 Å². The summed E-state index contributed by atoms with van der Waals surface area (Å²) < 4.78 is 0. The summed E-state index contributed by atoms with van der Waals surface area (Å²) in [7, 11) is 0. The first-order chi connectivity index (χ1) is 6.88. The summed E-state index contributed by atoms with van der Waals surface area (Å²) in [6, 6.07) is 0. The van der Waals surface area contributed by atoms with Gasteiger partial charge in [-0.2, -0.15) is 0 Å². The zero-order valence-electron chi connectivity index (χ0n) is 10.8. The van der Waals surface area contributed by atoms with Gasteiger partial charge in [-0.1, -0.05) is 41.0 Å². The SMILES string of the molecule is CC[C@@H](CC(C)C(=O)O)CC(C)C(C)C. The van der Waals surface area contributed by atoms with Crippen LogP contribution in [0.4, 0.5) is 0 Å². The molecule has 2 nitrogen and oxygen atoms in total. The summed E-state index contributed by atoms with van der Waals surface area (Å²) in [5, 5.41) is 8.87. The van der Waals surface area contributed by atoms with Crippen LogP contribution in [0, 0.1) is 23.7 Å². The van der Waals surface area contributed by atoms with Gasteiger partial charge in [0.05, 0.1) is 5.92 Å². The fraction of sp³-hybridized carbons (Fsp3) is 0.923. The standard InChI is InChI=1S/C13H26O2/c1-6-12(7-10(4)9(2)3)8-11(5)13(14)15/h9-12H,6-8H2,1-5H3,(H,14,15)/t10?,11?,12-/m1/s1. The van der Waals surface area contributed by atoms with E-state index in [9.17, 15) is 4.79 Å². The Hall–Kier alpha value is -0.530. The molecule has 0 aliphatic carbocycles. The Morgan fingerprint density at radius 1 is 1.13 bits per heavy atom. The molecule has 90 valence electrons. The summed E-state index contributed by atoms with van der Waals surface area (Å²) in [5.41, 5.74) is 0. The Kier molecular flexibility index (Phi) is 6.62. The maximum atomic E-state index is 10.8. The predicted octanol–water partition coefficient (Wildman–Crippen LogP) is 3.81. The van der Waals surface area contributed by atoms with Crippen molar-refractivity contribution in [3.63, 3.8) is 0 Å². The highest BCUT2D eigenvalue weighted by atomic mass is 16.4. The molecule has 0 aromatic carbocycles. The van der Waals surface area contributed by atoms with Gasteiger partial charge >= 0.3 is 5.97 Å². The van der Waals surface area contributed by atoms with E-state index in [4.69, 9.17) is 5.11 Å². The van der Waals surface area contributed by atoms with Crippen LogP contribution in [-0.2, 0) is 4.79 Å². The first-order valence-electron chi connectivity index (χ1n) is 6.11. The van der Waals surface area contributed by atoms with Crippen LogP contribution in [0.1, 0.15) is 53.9 Å². The van der Waals surface area contributed by atoms with E-state index in [0.29, 0.717) is 17.8 Å². The molecule has 0 amide bonds. The molecule has 0 saturated heterocycles. The third-order valence-electron chi connectivity index (χ3n) is 3.53. The van der Waals surface area contributed by atoms with Gasteiger partial charge in [0, 0.05) is 0 Å². The van der Waals surface area contributed by atoms with E-state index in [1.165, 1.54) is 0 Å². The number of rotatable bonds is 7. The van der Waals surface area contributed by atoms with E-state index in [-0.39, 0.29) is 5.92 Å². The van der Waals surface area contributed by atoms with Crippen LogP contribution >= 0.6 is 0 Å². The first kappa shape index (κ1) is 14.5. The first-order valence-corrected chi connectivity index (χ1v) is 6.11. The third kappa shape index (κ3) is 5.81. The van der Waals surface area contributed by atoms with E-state index in [1.54, 1.807) is 0 Å². The molecule has 0 rings (SSSR count). The molecular formula is C13H26O2. The van der Waals surface area contributed by atoms with E-state index >= 15 is 0 Å². The minimum atomic E-state index is -0.661. The largest absolute Gasteiger partial charge is 0.481 e. The topological polar surface area (TPSA) is 37.3 Å². The van der Waals surface area contributed by atoms with Crippen molar-refractivity contribution in [2.45, 2.75) is 53.9 Å². The molecule has 15 heavy (non-hydrogen) atoms. The van der Waals surface area contributed by atoms with E-state index in [1.807, 2.05) is 6.92 Å². The molecule has 0 radical (unpaired) electrons. The second kappa shape index (κ2) is 6.86. The van der Waals surface area contributed by atoms with E-state index in [2.05, 4.69) is 27.7 Å². The highest BCUT2D eigenvalue weighted by Gasteiger charge is 2.20. The van der Waals surface area contributed by atoms with Crippen molar-refractivity contribution in [2.75, 3.05) is 0 Å². The van der Waals surface area contributed by atoms with E-state index in [0.717, 1.165) is 19.3 Å². The molecule has 1 N–H and O–H groups in total. The second-order valence-corrected chi connectivity index (χ2v) is 5.21. The summed E-state index contributed by atoms with van der Waals surface area (Å²) in [4.78, 5) is 10.8. The van der Waals surface area contributed by atoms with Crippen LogP contribution in [0.5, 0.6) is 0 Å². The lowest BCUT2D eigenvalue weighted by Crippen LogP contribution is -2.17. The molecule has 0 bridgehead atoms. The van der Waals surface area contributed by atoms with Crippen LogP contribution in [0.2, 0.25) is 0 Å². The Morgan fingerprint density at radius 2 is 1.67 bits per heavy atom. The number of hydrogen-bond acceptors (Lipinski definition) is 1. The minimum Gasteiger partial charge on any atom is -0.481 e. The van der Waals surface area contributed by atoms with Crippen LogP contribution in [0.25, 0.3) is 0 Å². The van der Waals surface area contributed by atoms with Crippen molar-refractivity contribution in [1.82, 2.24) is 0 Å². The highest BCUT2D eigenvalue weighted by molar-refractivity contribution is 5.69. The number of aliphatic carboxylic acids is 1. The fourth-order valence-corrected chi connectivity index (χ4v) is 1.83. The molecule has 2 heteroatoms. The van der Waals surface area contributed by atoms with Gasteiger partial charge in [-0.25, -0.2) is 0 Å². The van der Waals surface area contributed by atoms with Crippen molar-refractivity contribution >= 4 is 5.97 Å². The van der Waals surface area contributed by atoms with Crippen molar-refractivity contribution in [1.29, 1.82) is 0 Å². The highest BCUT2D eigenvalue weighted by Crippen LogP contribution is 2.26. The molecule has 0 aromatic heterocycles. The Labute approximate surface area is 94.1 Å². The lowest BCUT2D eigenvalue weighted by Gasteiger charge is -2.23. The fourth-order valence-electron chi connectivity index (χ4n) is 1.83. The zero-order valence-corrected chi connectivity index (χ0v) is 10.8. The van der Waals surface area contributed by atoms with Crippen molar-refractivity contribution in [3.8, 4) is 0 Å². The second-order valence-electron chi connectivity index (χ2n) is 5.21. The molecule has 0 fully saturated rings. The average molecular weight is 214 g/mol. The van der Waals surface area contributed by atoms with Gasteiger partial charge in [0.15, 0.2) is 0 Å². The van der Waals surface area contributed by atoms with Gasteiger partial charge in [0.1, 0.15) is 0 Å². The maximum absolute atomic E-state index is 10.8. The Morgan fingerprint density at radius 3 is 2.00 bits per heavy atom. The third-order valence-corrected chi connectivity index (χ3v) is 3.53. The summed E-state index contributed by atoms with van der Waals surface area (Å²) in [6.07, 6.45) is 3.07. The molecule has 0 heterocycles. The van der Waals surface area contributed by atoms with Crippen LogP contribution in [0.3, 0.4) is 0 Å². The van der Waals surface area contributed by atoms with Crippen molar-refractivity contribution in [3.05, 3.63) is 0 Å². The van der Waals surface area contributed by atoms with Crippen molar-refractivity contribution in [2.24, 2.45) is 23.7 Å². The Bertz CT molecular complexity index is 187. The lowest BCUT2D eigenvalue weighted by molar-refractivity contribution is -0.141. The molecular weight excluding hydrogens is 188 g/mol. The molecule has 3 atom stereocenters. The number of carboxylic acid groups (broad SMARTS) is 1. The monoisotopic (exact) mass is 214 g/mol. The summed E-state index contributed by atoms with van der Waals surface area (Å²) >= 11 is 0. The number of hydrogen-bond donors (Lipinski definition) is 1. The average Bonchev–Trinajstić information content (AvgIpc) is 2.15. The maximum Gasteiger partial charge on any atom is 0.306 e. The van der Waals surface area contributed by atoms with E-state index < -0.39 is 5.97 Å². The molecule has 0 aliphatic heterocycles. The normalized spacial score (nSPS) is 17.5. The van der Waals surface area contributed by atoms with Gasteiger partial charge in [0.2, 0.25) is 0 Å². The van der Waals surface area contributed by atoms with Crippen LogP contribution in [-0.4, -0.2) is 11.1 Å². The van der Waals surface area contributed by atoms with Crippen molar-refractivity contribution < 1.29 is 9.90 Å². The predicted molar refractivity (Wildman–Crippen MR) is 63.8 cm³/mol. The Balaban J connectivity index is 4.08. The molecule has 0 spiro atoms. The molecule has 0 aromatic rings. The van der Waals surface area contributed by atoms with Gasteiger partial charge in [-0.05, 0) is 30.6 Å².